The van der Waals surface area contributed by atoms with Gasteiger partial charge in [0.2, 0.25) is 5.91 Å². The van der Waals surface area contributed by atoms with Crippen molar-refractivity contribution in [1.82, 2.24) is 15.5 Å². The summed E-state index contributed by atoms with van der Waals surface area (Å²) in [5, 5.41) is 24.0. The first kappa shape index (κ1) is 38.4. The molecule has 0 fully saturated rings. The number of allylic oxidation sites excluding steroid dienone is 2. The number of nitrogens with one attached hydrogen (secondary N) is 2. The van der Waals surface area contributed by atoms with Crippen LogP contribution in [0.1, 0.15) is 129 Å². The minimum Gasteiger partial charge on any atom is -0.449 e. The smallest absolute Gasteiger partial charge is 0.407 e. The lowest BCUT2D eigenvalue weighted by Crippen LogP contribution is -2.39. The Kier molecular flexibility index (Phi) is 25.7. The summed E-state index contributed by atoms with van der Waals surface area (Å²) in [5.74, 6) is -0.0901. The maximum atomic E-state index is 12.9. The minimum absolute atomic E-state index is 0.00357. The molecule has 0 heterocycles. The third-order valence-electron chi connectivity index (χ3n) is 8.41. The Morgan fingerprint density at radius 1 is 0.690 bits per heavy atom. The van der Waals surface area contributed by atoms with Gasteiger partial charge >= 0.3 is 6.09 Å². The standard InChI is InChI=1S/C34H65N3O5/c1-2-3-4-5-6-7-8-9-10-11-12-13-14-15-16-19-23-35-33(40)32-22-18-17-21-31(32)30-42-34(41)36-24-20-25-37(26-28-38)27-29-39/h17-18,31-32,38-39H,2-16,19-30H2,1H3,(H,35,40)(H,36,41). The lowest BCUT2D eigenvalue weighted by Gasteiger charge is -2.27. The van der Waals surface area contributed by atoms with Gasteiger partial charge in [0.25, 0.3) is 0 Å². The first-order chi connectivity index (χ1) is 20.6. The van der Waals surface area contributed by atoms with Crippen LogP contribution in [0.25, 0.3) is 0 Å². The SMILES string of the molecule is CCCCCCCCCCCCCCCCCCNC(=O)C1CC=CCC1COC(=O)NCCCN(CCO)CCO. The van der Waals surface area contributed by atoms with Crippen LogP contribution in [0.4, 0.5) is 4.79 Å². The van der Waals surface area contributed by atoms with Gasteiger partial charge in [-0.2, -0.15) is 0 Å². The summed E-state index contributed by atoms with van der Waals surface area (Å²) < 4.78 is 5.44. The van der Waals surface area contributed by atoms with Crippen LogP contribution >= 0.6 is 0 Å². The van der Waals surface area contributed by atoms with Gasteiger partial charge in [-0.25, -0.2) is 4.79 Å². The van der Waals surface area contributed by atoms with Crippen molar-refractivity contribution in [2.75, 3.05) is 52.5 Å². The molecule has 8 nitrogen and oxygen atoms in total. The molecule has 0 aromatic heterocycles. The third-order valence-corrected chi connectivity index (χ3v) is 8.41. The zero-order valence-corrected chi connectivity index (χ0v) is 27.0. The summed E-state index contributed by atoms with van der Waals surface area (Å²) in [6, 6.07) is 0. The second kappa shape index (κ2) is 28.1. The number of aliphatic hydroxyl groups is 2. The van der Waals surface area contributed by atoms with Crippen molar-refractivity contribution < 1.29 is 24.5 Å². The Bertz CT molecular complexity index is 670. The first-order valence-corrected chi connectivity index (χ1v) is 17.4. The van der Waals surface area contributed by atoms with E-state index in [4.69, 9.17) is 14.9 Å². The number of hydrogen-bond acceptors (Lipinski definition) is 6. The van der Waals surface area contributed by atoms with E-state index in [1.807, 2.05) is 4.90 Å². The molecule has 0 aromatic carbocycles. The van der Waals surface area contributed by atoms with Gasteiger partial charge in [0.15, 0.2) is 0 Å². The molecule has 2 unspecified atom stereocenters. The predicted molar refractivity (Wildman–Crippen MR) is 172 cm³/mol. The number of hydrogen-bond donors (Lipinski definition) is 4. The van der Waals surface area contributed by atoms with Gasteiger partial charge in [-0.1, -0.05) is 115 Å². The van der Waals surface area contributed by atoms with Crippen molar-refractivity contribution >= 4 is 12.0 Å². The number of aliphatic hydroxyl groups excluding tert-OH is 2. The molecule has 2 atom stereocenters. The molecule has 1 rings (SSSR count). The van der Waals surface area contributed by atoms with Crippen molar-refractivity contribution in [3.05, 3.63) is 12.2 Å². The molecule has 0 bridgehead atoms. The fraction of sp³-hybridized carbons (Fsp3) is 0.882. The van der Waals surface area contributed by atoms with Crippen molar-refractivity contribution in [3.63, 3.8) is 0 Å². The lowest BCUT2D eigenvalue weighted by atomic mass is 9.83. The number of unbranched alkanes of at least 4 members (excludes halogenated alkanes) is 15. The van der Waals surface area contributed by atoms with Crippen molar-refractivity contribution in [3.8, 4) is 0 Å². The number of nitrogens with zero attached hydrogens (tertiary/aromatic N) is 1. The van der Waals surface area contributed by atoms with E-state index in [2.05, 4.69) is 29.7 Å². The van der Waals surface area contributed by atoms with Crippen LogP contribution in [0.5, 0.6) is 0 Å². The van der Waals surface area contributed by atoms with Crippen LogP contribution < -0.4 is 10.6 Å². The molecule has 2 amide bonds. The summed E-state index contributed by atoms with van der Waals surface area (Å²) in [4.78, 5) is 27.0. The van der Waals surface area contributed by atoms with E-state index in [-0.39, 0.29) is 37.6 Å². The Morgan fingerprint density at radius 2 is 1.19 bits per heavy atom. The second-order valence-electron chi connectivity index (χ2n) is 12.1. The van der Waals surface area contributed by atoms with Gasteiger partial charge in [-0.3, -0.25) is 9.69 Å². The van der Waals surface area contributed by atoms with Crippen LogP contribution in [0, 0.1) is 11.8 Å². The van der Waals surface area contributed by atoms with Gasteiger partial charge in [0.1, 0.15) is 0 Å². The predicted octanol–water partition coefficient (Wildman–Crippen LogP) is 6.35. The molecule has 0 spiro atoms. The van der Waals surface area contributed by atoms with E-state index < -0.39 is 6.09 Å². The van der Waals surface area contributed by atoms with E-state index in [9.17, 15) is 9.59 Å². The largest absolute Gasteiger partial charge is 0.449 e. The lowest BCUT2D eigenvalue weighted by molar-refractivity contribution is -0.127. The highest BCUT2D eigenvalue weighted by atomic mass is 16.5. The molecule has 1 aliphatic carbocycles. The molecule has 246 valence electrons. The molecule has 0 saturated heterocycles. The molecule has 4 N–H and O–H groups in total. The average Bonchev–Trinajstić information content (AvgIpc) is 3.00. The van der Waals surface area contributed by atoms with E-state index in [1.165, 1.54) is 89.9 Å². The number of carbonyl (C=O) groups excluding carboxylic acids is 2. The van der Waals surface area contributed by atoms with Gasteiger partial charge in [0.05, 0.1) is 19.8 Å². The van der Waals surface area contributed by atoms with E-state index in [0.29, 0.717) is 39.0 Å². The van der Waals surface area contributed by atoms with Crippen LogP contribution in [0.15, 0.2) is 12.2 Å². The molecule has 8 heteroatoms. The van der Waals surface area contributed by atoms with Crippen molar-refractivity contribution in [2.24, 2.45) is 11.8 Å². The van der Waals surface area contributed by atoms with E-state index >= 15 is 0 Å². The second-order valence-corrected chi connectivity index (χ2v) is 12.1. The number of ether oxygens (including phenoxy) is 1. The summed E-state index contributed by atoms with van der Waals surface area (Å²) in [5.41, 5.74) is 0. The normalized spacial score (nSPS) is 16.6. The Morgan fingerprint density at radius 3 is 1.74 bits per heavy atom. The highest BCUT2D eigenvalue weighted by Gasteiger charge is 2.29. The Hall–Kier alpha value is -1.64. The van der Waals surface area contributed by atoms with Crippen molar-refractivity contribution in [1.29, 1.82) is 0 Å². The molecule has 0 radical (unpaired) electrons. The number of carbonyl (C=O) groups is 2. The molecule has 0 saturated carbocycles. The van der Waals surface area contributed by atoms with Crippen LogP contribution in [-0.4, -0.2) is 79.7 Å². The summed E-state index contributed by atoms with van der Waals surface area (Å²) >= 11 is 0. The summed E-state index contributed by atoms with van der Waals surface area (Å²) in [6.07, 6.45) is 27.2. The molecular formula is C34H65N3O5. The minimum atomic E-state index is -0.465. The van der Waals surface area contributed by atoms with Gasteiger partial charge in [0, 0.05) is 38.0 Å². The molecule has 0 aliphatic heterocycles. The van der Waals surface area contributed by atoms with Gasteiger partial charge in [-0.05, 0) is 32.2 Å². The molecule has 42 heavy (non-hydrogen) atoms. The maximum Gasteiger partial charge on any atom is 0.407 e. The molecule has 1 aliphatic rings. The van der Waals surface area contributed by atoms with Crippen molar-refractivity contribution in [2.45, 2.75) is 129 Å². The fourth-order valence-corrected chi connectivity index (χ4v) is 5.74. The van der Waals surface area contributed by atoms with E-state index in [0.717, 1.165) is 25.8 Å². The molecule has 0 aromatic rings. The average molecular weight is 596 g/mol. The van der Waals surface area contributed by atoms with Crippen LogP contribution in [0.3, 0.4) is 0 Å². The van der Waals surface area contributed by atoms with Gasteiger partial charge < -0.3 is 25.6 Å². The quantitative estimate of drug-likeness (QED) is 0.0620. The number of amides is 2. The van der Waals surface area contributed by atoms with Gasteiger partial charge in [-0.15, -0.1) is 0 Å². The number of alkyl carbamates (subject to hydrolysis) is 1. The number of rotatable bonds is 28. The maximum absolute atomic E-state index is 12.9. The third kappa shape index (κ3) is 21.1. The van der Waals surface area contributed by atoms with E-state index in [1.54, 1.807) is 0 Å². The zero-order valence-electron chi connectivity index (χ0n) is 27.0. The highest BCUT2D eigenvalue weighted by molar-refractivity contribution is 5.79. The highest BCUT2D eigenvalue weighted by Crippen LogP contribution is 2.26. The summed E-state index contributed by atoms with van der Waals surface area (Å²) in [6.45, 7) is 5.45. The first-order valence-electron chi connectivity index (χ1n) is 17.4. The monoisotopic (exact) mass is 595 g/mol. The fourth-order valence-electron chi connectivity index (χ4n) is 5.74. The Balaban J connectivity index is 2.04. The Labute approximate surface area is 257 Å². The van der Waals surface area contributed by atoms with Crippen LogP contribution in [-0.2, 0) is 9.53 Å². The molecular weight excluding hydrogens is 530 g/mol. The van der Waals surface area contributed by atoms with Crippen LogP contribution in [0.2, 0.25) is 0 Å². The topological polar surface area (TPSA) is 111 Å². The summed E-state index contributed by atoms with van der Waals surface area (Å²) in [7, 11) is 0. The zero-order chi connectivity index (χ0) is 30.5.